The van der Waals surface area contributed by atoms with Gasteiger partial charge in [-0.25, -0.2) is 13.2 Å². The number of hydrogen-bond acceptors (Lipinski definition) is 4. The summed E-state index contributed by atoms with van der Waals surface area (Å²) >= 11 is 0. The summed E-state index contributed by atoms with van der Waals surface area (Å²) in [7, 11) is -3.73. The monoisotopic (exact) mass is 410 g/mol. The Morgan fingerprint density at radius 2 is 1.72 bits per heavy atom. The van der Waals surface area contributed by atoms with E-state index in [2.05, 4.69) is 16.1 Å². The summed E-state index contributed by atoms with van der Waals surface area (Å²) in [5.74, 6) is 0. The third-order valence-electron chi connectivity index (χ3n) is 5.07. The molecule has 0 fully saturated rings. The van der Waals surface area contributed by atoms with E-state index in [4.69, 9.17) is 4.74 Å². The number of alkyl carbamates (subject to hydrolysis) is 1. The molecule has 6 nitrogen and oxygen atoms in total. The van der Waals surface area contributed by atoms with E-state index in [0.29, 0.717) is 12.3 Å². The first kappa shape index (κ1) is 19.3. The minimum Gasteiger partial charge on any atom is -0.450 e. The normalized spacial score (nSPS) is 12.7. The van der Waals surface area contributed by atoms with Crippen LogP contribution >= 0.6 is 0 Å². The van der Waals surface area contributed by atoms with Gasteiger partial charge in [-0.15, -0.1) is 0 Å². The minimum atomic E-state index is -3.73. The molecule has 1 aliphatic rings. The molecule has 3 aromatic rings. The van der Waals surface area contributed by atoms with Crippen LogP contribution in [0.4, 0.5) is 10.5 Å². The van der Waals surface area contributed by atoms with Crippen molar-refractivity contribution in [2.24, 2.45) is 0 Å². The molecule has 2 N–H and O–H groups in total. The van der Waals surface area contributed by atoms with E-state index in [1.54, 1.807) is 19.1 Å². The van der Waals surface area contributed by atoms with Crippen molar-refractivity contribution in [1.29, 1.82) is 0 Å². The number of hydrogen-bond donors (Lipinski definition) is 2. The average Bonchev–Trinajstić information content (AvgIpc) is 3.14. The molecule has 0 heterocycles. The van der Waals surface area contributed by atoms with E-state index in [-0.39, 0.29) is 11.4 Å². The first-order chi connectivity index (χ1) is 14.0. The van der Waals surface area contributed by atoms with Crippen LogP contribution < -0.4 is 10.0 Å². The third kappa shape index (κ3) is 3.91. The summed E-state index contributed by atoms with van der Waals surface area (Å²) in [6, 6.07) is 16.3. The van der Waals surface area contributed by atoms with Crippen LogP contribution in [-0.2, 0) is 34.1 Å². The lowest BCUT2D eigenvalue weighted by molar-refractivity contribution is 0.151. The van der Waals surface area contributed by atoms with Gasteiger partial charge in [0.25, 0.3) is 10.0 Å². The van der Waals surface area contributed by atoms with Gasteiger partial charge >= 0.3 is 6.09 Å². The van der Waals surface area contributed by atoms with Gasteiger partial charge in [0.15, 0.2) is 0 Å². The second kappa shape index (κ2) is 7.75. The molecule has 29 heavy (non-hydrogen) atoms. The maximum atomic E-state index is 12.9. The van der Waals surface area contributed by atoms with Gasteiger partial charge in [-0.3, -0.25) is 4.72 Å². The first-order valence-electron chi connectivity index (χ1n) is 9.54. The zero-order valence-corrected chi connectivity index (χ0v) is 16.9. The first-order valence-corrected chi connectivity index (χ1v) is 11.0. The summed E-state index contributed by atoms with van der Waals surface area (Å²) in [4.78, 5) is 11.5. The van der Waals surface area contributed by atoms with Crippen LogP contribution in [0.2, 0.25) is 0 Å². The molecule has 0 spiro atoms. The third-order valence-corrected chi connectivity index (χ3v) is 6.45. The smallest absolute Gasteiger partial charge is 0.407 e. The molecule has 4 rings (SSSR count). The second-order valence-electron chi connectivity index (χ2n) is 6.94. The van der Waals surface area contributed by atoms with Gasteiger partial charge in [0, 0.05) is 11.9 Å². The molecule has 0 unspecified atom stereocenters. The quantitative estimate of drug-likeness (QED) is 0.644. The van der Waals surface area contributed by atoms with E-state index < -0.39 is 16.1 Å². The fourth-order valence-electron chi connectivity index (χ4n) is 3.68. The number of rotatable bonds is 6. The van der Waals surface area contributed by atoms with Crippen molar-refractivity contribution in [2.45, 2.75) is 31.2 Å². The Kier molecular flexibility index (Phi) is 5.15. The van der Waals surface area contributed by atoms with Crippen molar-refractivity contribution in [3.05, 3.63) is 71.3 Å². The maximum absolute atomic E-state index is 12.9. The number of nitrogens with one attached hydrogen (secondary N) is 2. The molecule has 0 aliphatic heterocycles. The number of benzene rings is 3. The van der Waals surface area contributed by atoms with E-state index in [9.17, 15) is 13.2 Å². The van der Waals surface area contributed by atoms with Gasteiger partial charge in [0.05, 0.1) is 17.2 Å². The van der Waals surface area contributed by atoms with E-state index >= 15 is 0 Å². The van der Waals surface area contributed by atoms with Crippen LogP contribution in [-0.4, -0.2) is 21.1 Å². The molecule has 3 aromatic carbocycles. The Morgan fingerprint density at radius 3 is 2.45 bits per heavy atom. The van der Waals surface area contributed by atoms with Gasteiger partial charge in [0.2, 0.25) is 0 Å². The van der Waals surface area contributed by atoms with Crippen molar-refractivity contribution in [3.8, 4) is 0 Å². The largest absolute Gasteiger partial charge is 0.450 e. The fourth-order valence-corrected chi connectivity index (χ4v) is 4.76. The standard InChI is InChI=1S/C22H22N2O4S/c1-2-28-22(25)23-14-15-6-11-18(12-7-15)29(26,27)24-20-13-10-17-9-8-16-4-3-5-19(20)21(16)17/h3-7,10-13,24H,2,8-9,14H2,1H3,(H,23,25). The van der Waals surface area contributed by atoms with E-state index in [1.165, 1.54) is 23.3 Å². The maximum Gasteiger partial charge on any atom is 0.407 e. The molecule has 0 saturated heterocycles. The van der Waals surface area contributed by atoms with Crippen molar-refractivity contribution in [3.63, 3.8) is 0 Å². The van der Waals surface area contributed by atoms with Gasteiger partial charge in [-0.05, 0) is 60.0 Å². The number of ether oxygens (including phenoxy) is 1. The Balaban J connectivity index is 1.54. The Hall–Kier alpha value is -3.06. The van der Waals surface area contributed by atoms with Crippen LogP contribution in [0.25, 0.3) is 10.8 Å². The van der Waals surface area contributed by atoms with Gasteiger partial charge in [-0.2, -0.15) is 0 Å². The van der Waals surface area contributed by atoms with Gasteiger partial charge in [-0.1, -0.05) is 36.4 Å². The molecule has 150 valence electrons. The summed E-state index contributed by atoms with van der Waals surface area (Å²) in [5.41, 5.74) is 3.89. The Bertz CT molecular complexity index is 1160. The van der Waals surface area contributed by atoms with E-state index in [1.807, 2.05) is 24.3 Å². The Morgan fingerprint density at radius 1 is 1.00 bits per heavy atom. The SMILES string of the molecule is CCOC(=O)NCc1ccc(S(=O)(=O)Nc2ccc3c4c(cccc24)CC3)cc1. The topological polar surface area (TPSA) is 84.5 Å². The van der Waals surface area contributed by atoms with Crippen LogP contribution in [0.1, 0.15) is 23.6 Å². The molecule has 0 radical (unpaired) electrons. The number of amides is 1. The lowest BCUT2D eigenvalue weighted by atomic mass is 10.0. The van der Waals surface area contributed by atoms with Crippen molar-refractivity contribution >= 4 is 32.6 Å². The number of sulfonamides is 1. The number of carbonyl (C=O) groups excluding carboxylic acids is 1. The van der Waals surface area contributed by atoms with Crippen molar-refractivity contribution < 1.29 is 17.9 Å². The van der Waals surface area contributed by atoms with Crippen molar-refractivity contribution in [2.75, 3.05) is 11.3 Å². The molecule has 7 heteroatoms. The zero-order valence-electron chi connectivity index (χ0n) is 16.1. The van der Waals surface area contributed by atoms with Crippen LogP contribution in [0.3, 0.4) is 0 Å². The van der Waals surface area contributed by atoms with Gasteiger partial charge in [0.1, 0.15) is 0 Å². The van der Waals surface area contributed by atoms with Crippen LogP contribution in [0.5, 0.6) is 0 Å². The highest BCUT2D eigenvalue weighted by molar-refractivity contribution is 7.92. The summed E-state index contributed by atoms with van der Waals surface area (Å²) in [5, 5.41) is 4.70. The second-order valence-corrected chi connectivity index (χ2v) is 8.62. The molecule has 1 amide bonds. The molecule has 0 saturated carbocycles. The highest BCUT2D eigenvalue weighted by Gasteiger charge is 2.19. The van der Waals surface area contributed by atoms with Crippen LogP contribution in [0, 0.1) is 0 Å². The summed E-state index contributed by atoms with van der Waals surface area (Å²) < 4.78 is 33.3. The lowest BCUT2D eigenvalue weighted by Gasteiger charge is -2.13. The highest BCUT2D eigenvalue weighted by Crippen LogP contribution is 2.35. The molecule has 0 aromatic heterocycles. The molecular weight excluding hydrogens is 388 g/mol. The molecule has 0 atom stereocenters. The molecular formula is C22H22N2O4S. The zero-order chi connectivity index (χ0) is 20.4. The predicted molar refractivity (Wildman–Crippen MR) is 112 cm³/mol. The summed E-state index contributed by atoms with van der Waals surface area (Å²) in [6.45, 7) is 2.29. The van der Waals surface area contributed by atoms with Gasteiger partial charge < -0.3 is 10.1 Å². The van der Waals surface area contributed by atoms with Crippen molar-refractivity contribution in [1.82, 2.24) is 5.32 Å². The average molecular weight is 410 g/mol. The highest BCUT2D eigenvalue weighted by atomic mass is 32.2. The lowest BCUT2D eigenvalue weighted by Crippen LogP contribution is -2.23. The molecule has 0 bridgehead atoms. The van der Waals surface area contributed by atoms with E-state index in [0.717, 1.165) is 29.2 Å². The summed E-state index contributed by atoms with van der Waals surface area (Å²) in [6.07, 6.45) is 1.48. The molecule has 1 aliphatic carbocycles. The number of anilines is 1. The number of carbonyl (C=O) groups is 1. The predicted octanol–water partition coefficient (Wildman–Crippen LogP) is 3.99. The van der Waals surface area contributed by atoms with Crippen LogP contribution in [0.15, 0.2) is 59.5 Å². The fraction of sp³-hybridized carbons (Fsp3) is 0.227. The number of aryl methyl sites for hydroxylation is 2. The Labute approximate surface area is 169 Å². The minimum absolute atomic E-state index is 0.167.